The summed E-state index contributed by atoms with van der Waals surface area (Å²) >= 11 is 1.02. The summed E-state index contributed by atoms with van der Waals surface area (Å²) in [5, 5.41) is 19.9. The normalized spacial score (nSPS) is 17.6. The molecule has 0 radical (unpaired) electrons. The molecule has 1 saturated heterocycles. The van der Waals surface area contributed by atoms with Crippen LogP contribution in [-0.2, 0) is 4.79 Å². The first-order valence-electron chi connectivity index (χ1n) is 5.07. The van der Waals surface area contributed by atoms with Crippen LogP contribution in [0.5, 0.6) is 0 Å². The van der Waals surface area contributed by atoms with E-state index >= 15 is 0 Å². The number of anilines is 1. The Morgan fingerprint density at radius 2 is 2.41 bits per heavy atom. The number of carbonyl (C=O) groups is 1. The first-order valence-corrected chi connectivity index (χ1v) is 5.88. The molecule has 0 saturated carbocycles. The first kappa shape index (κ1) is 11.8. The molecule has 0 bridgehead atoms. The highest BCUT2D eigenvalue weighted by Crippen LogP contribution is 2.34. The van der Waals surface area contributed by atoms with Crippen LogP contribution in [0.1, 0.15) is 6.92 Å². The van der Waals surface area contributed by atoms with Crippen LogP contribution < -0.4 is 4.90 Å². The quantitative estimate of drug-likeness (QED) is 0.643. The van der Waals surface area contributed by atoms with Gasteiger partial charge in [0, 0.05) is 19.0 Å². The van der Waals surface area contributed by atoms with E-state index in [0.717, 1.165) is 11.3 Å². The number of aromatic nitrogens is 1. The summed E-state index contributed by atoms with van der Waals surface area (Å²) in [6.07, 6.45) is 1.23. The van der Waals surface area contributed by atoms with Crippen molar-refractivity contribution in [3.63, 3.8) is 0 Å². The predicted molar refractivity (Wildman–Crippen MR) is 61.3 cm³/mol. The fourth-order valence-electron chi connectivity index (χ4n) is 1.67. The largest absolute Gasteiger partial charge is 0.481 e. The third-order valence-corrected chi connectivity index (χ3v) is 3.95. The Hall–Kier alpha value is -1.70. The molecule has 1 atom stereocenters. The number of thiazole rings is 1. The molecule has 1 aliphatic heterocycles. The summed E-state index contributed by atoms with van der Waals surface area (Å²) in [5.74, 6) is -1.10. The Balaban J connectivity index is 1.95. The third kappa shape index (κ3) is 2.21. The summed E-state index contributed by atoms with van der Waals surface area (Å²) in [7, 11) is 0. The minimum atomic E-state index is -0.806. The van der Waals surface area contributed by atoms with Crippen LogP contribution in [0.2, 0.25) is 0 Å². The van der Waals surface area contributed by atoms with Gasteiger partial charge in [0.25, 0.3) is 0 Å². The van der Waals surface area contributed by atoms with Gasteiger partial charge in [-0.2, -0.15) is 0 Å². The fraction of sp³-hybridized carbons (Fsp3) is 0.556. The van der Waals surface area contributed by atoms with Crippen LogP contribution in [0, 0.1) is 22.0 Å². The molecule has 2 rings (SSSR count). The minimum absolute atomic E-state index is 0.00901. The Labute approximate surface area is 101 Å². The van der Waals surface area contributed by atoms with Crippen LogP contribution in [0.25, 0.3) is 0 Å². The van der Waals surface area contributed by atoms with Crippen LogP contribution in [0.3, 0.4) is 0 Å². The molecule has 17 heavy (non-hydrogen) atoms. The second-order valence-electron chi connectivity index (χ2n) is 4.03. The maximum atomic E-state index is 10.7. The summed E-state index contributed by atoms with van der Waals surface area (Å²) in [4.78, 5) is 26.6. The van der Waals surface area contributed by atoms with Gasteiger partial charge in [-0.05, 0) is 11.3 Å². The molecule has 0 aromatic carbocycles. The van der Waals surface area contributed by atoms with Crippen LogP contribution >= 0.6 is 11.3 Å². The second kappa shape index (κ2) is 4.28. The molecule has 1 fully saturated rings. The first-order chi connectivity index (χ1) is 7.99. The zero-order valence-electron chi connectivity index (χ0n) is 9.07. The van der Waals surface area contributed by atoms with Gasteiger partial charge in [-0.25, -0.2) is 4.98 Å². The van der Waals surface area contributed by atoms with E-state index in [-0.39, 0.29) is 16.8 Å². The Morgan fingerprint density at radius 1 is 1.76 bits per heavy atom. The summed E-state index contributed by atoms with van der Waals surface area (Å²) in [5.41, 5.74) is 0. The third-order valence-electron chi connectivity index (χ3n) is 2.94. The van der Waals surface area contributed by atoms with Crippen molar-refractivity contribution in [3.8, 4) is 0 Å². The van der Waals surface area contributed by atoms with Gasteiger partial charge >= 0.3 is 11.0 Å². The van der Waals surface area contributed by atoms with E-state index in [2.05, 4.69) is 4.98 Å². The summed E-state index contributed by atoms with van der Waals surface area (Å²) in [6, 6.07) is 0. The van der Waals surface area contributed by atoms with Crippen molar-refractivity contribution >= 4 is 27.4 Å². The van der Waals surface area contributed by atoms with Crippen LogP contribution in [0.15, 0.2) is 6.20 Å². The van der Waals surface area contributed by atoms with Crippen molar-refractivity contribution in [3.05, 3.63) is 16.3 Å². The second-order valence-corrected chi connectivity index (χ2v) is 5.02. The zero-order valence-corrected chi connectivity index (χ0v) is 9.88. The maximum absolute atomic E-state index is 10.7. The van der Waals surface area contributed by atoms with Gasteiger partial charge in [-0.3, -0.25) is 14.9 Å². The molecule has 2 heterocycles. The van der Waals surface area contributed by atoms with Crippen LogP contribution in [-0.4, -0.2) is 34.1 Å². The molecule has 0 spiro atoms. The molecule has 8 heteroatoms. The number of carboxylic acid groups (broad SMARTS) is 1. The molecule has 0 aliphatic carbocycles. The predicted octanol–water partition coefficient (Wildman–Crippen LogP) is 1.21. The number of hydrogen-bond acceptors (Lipinski definition) is 6. The number of aliphatic carboxylic acids is 1. The molecule has 1 aliphatic rings. The highest BCUT2D eigenvalue weighted by atomic mass is 32.1. The van der Waals surface area contributed by atoms with E-state index in [1.807, 2.05) is 4.90 Å². The van der Waals surface area contributed by atoms with Gasteiger partial charge < -0.3 is 10.0 Å². The maximum Gasteiger partial charge on any atom is 0.345 e. The lowest BCUT2D eigenvalue weighted by atomic mass is 9.87. The minimum Gasteiger partial charge on any atom is -0.481 e. The molecular formula is C9H11N3O4S. The van der Waals surface area contributed by atoms with E-state index in [4.69, 9.17) is 5.11 Å². The standard InChI is InChI=1S/C9H11N3O4S/c1-5(8(13)14)6-3-11(4-6)9-10-2-7(17-9)12(15)16/h2,5-6H,3-4H2,1H3,(H,13,14). The van der Waals surface area contributed by atoms with E-state index in [9.17, 15) is 14.9 Å². The van der Waals surface area contributed by atoms with Gasteiger partial charge in [0.2, 0.25) is 0 Å². The Kier molecular flexibility index (Phi) is 2.97. The molecule has 1 aromatic rings. The molecular weight excluding hydrogens is 246 g/mol. The van der Waals surface area contributed by atoms with E-state index in [1.54, 1.807) is 6.92 Å². The smallest absolute Gasteiger partial charge is 0.345 e. The zero-order chi connectivity index (χ0) is 12.6. The number of nitrogens with zero attached hydrogens (tertiary/aromatic N) is 3. The molecule has 1 N–H and O–H groups in total. The number of carboxylic acids is 1. The average Bonchev–Trinajstić information content (AvgIpc) is 2.64. The number of nitro groups is 1. The van der Waals surface area contributed by atoms with Gasteiger partial charge in [0.15, 0.2) is 5.13 Å². The molecule has 1 unspecified atom stereocenters. The fourth-order valence-corrected chi connectivity index (χ4v) is 2.42. The van der Waals surface area contributed by atoms with E-state index in [0.29, 0.717) is 18.2 Å². The monoisotopic (exact) mass is 257 g/mol. The SMILES string of the molecule is CC(C(=O)O)C1CN(c2ncc([N+](=O)[O-])s2)C1. The van der Waals surface area contributed by atoms with Gasteiger partial charge in [-0.15, -0.1) is 0 Å². The van der Waals surface area contributed by atoms with Crippen molar-refractivity contribution in [2.45, 2.75) is 6.92 Å². The summed E-state index contributed by atoms with van der Waals surface area (Å²) < 4.78 is 0. The van der Waals surface area contributed by atoms with Gasteiger partial charge in [0.1, 0.15) is 6.20 Å². The van der Waals surface area contributed by atoms with Crippen LogP contribution in [0.4, 0.5) is 10.1 Å². The topological polar surface area (TPSA) is 96.6 Å². The number of rotatable bonds is 4. The van der Waals surface area contributed by atoms with Gasteiger partial charge in [-0.1, -0.05) is 6.92 Å². The summed E-state index contributed by atoms with van der Waals surface area (Å²) in [6.45, 7) is 2.87. The average molecular weight is 257 g/mol. The van der Waals surface area contributed by atoms with Crippen molar-refractivity contribution in [2.75, 3.05) is 18.0 Å². The lowest BCUT2D eigenvalue weighted by molar-refractivity contribution is -0.380. The van der Waals surface area contributed by atoms with Crippen molar-refractivity contribution in [1.29, 1.82) is 0 Å². The Bertz CT molecular complexity index is 455. The molecule has 1 aromatic heterocycles. The molecule has 7 nitrogen and oxygen atoms in total. The highest BCUT2D eigenvalue weighted by Gasteiger charge is 2.36. The van der Waals surface area contributed by atoms with E-state index < -0.39 is 10.9 Å². The van der Waals surface area contributed by atoms with E-state index in [1.165, 1.54) is 6.20 Å². The van der Waals surface area contributed by atoms with Crippen molar-refractivity contribution in [2.24, 2.45) is 11.8 Å². The number of hydrogen-bond donors (Lipinski definition) is 1. The highest BCUT2D eigenvalue weighted by molar-refractivity contribution is 7.18. The molecule has 92 valence electrons. The van der Waals surface area contributed by atoms with Crippen molar-refractivity contribution < 1.29 is 14.8 Å². The molecule has 0 amide bonds. The lowest BCUT2D eigenvalue weighted by Gasteiger charge is -2.40. The van der Waals surface area contributed by atoms with Crippen molar-refractivity contribution in [1.82, 2.24) is 4.98 Å². The Morgan fingerprint density at radius 3 is 2.88 bits per heavy atom. The lowest BCUT2D eigenvalue weighted by Crippen LogP contribution is -2.51. The van der Waals surface area contributed by atoms with Gasteiger partial charge in [0.05, 0.1) is 10.8 Å².